The van der Waals surface area contributed by atoms with E-state index in [1.807, 2.05) is 7.05 Å². The van der Waals surface area contributed by atoms with Crippen LogP contribution in [-0.4, -0.2) is 41.8 Å². The molecule has 0 N–H and O–H groups in total. The van der Waals surface area contributed by atoms with Crippen molar-refractivity contribution in [2.24, 2.45) is 0 Å². The zero-order valence-electron chi connectivity index (χ0n) is 6.08. The van der Waals surface area contributed by atoms with Gasteiger partial charge in [0.25, 0.3) is 0 Å². The van der Waals surface area contributed by atoms with E-state index in [4.69, 9.17) is 0 Å². The molecule has 0 aromatic carbocycles. The first-order valence-corrected chi connectivity index (χ1v) is 4.00. The first-order valence-electron chi connectivity index (χ1n) is 3.36. The number of urea groups is 1. The Bertz CT molecular complexity index is 140. The van der Waals surface area contributed by atoms with E-state index in [0.717, 1.165) is 19.5 Å². The lowest BCUT2D eigenvalue weighted by Crippen LogP contribution is -2.46. The largest absolute Gasteiger partial charge is 0.328 e. The Morgan fingerprint density at radius 1 is 1.60 bits per heavy atom. The summed E-state index contributed by atoms with van der Waals surface area (Å²) < 4.78 is 0. The Kier molecular flexibility index (Phi) is 2.43. The lowest BCUT2D eigenvalue weighted by Gasteiger charge is -2.31. The first kappa shape index (κ1) is 7.72. The van der Waals surface area contributed by atoms with Gasteiger partial charge >= 0.3 is 6.03 Å². The lowest BCUT2D eigenvalue weighted by molar-refractivity contribution is 0.151. The maximum atomic E-state index is 11.2. The fraction of sp³-hybridized carbons (Fsp3) is 0.833. The van der Waals surface area contributed by atoms with Gasteiger partial charge in [-0.2, -0.15) is 12.6 Å². The monoisotopic (exact) mass is 160 g/mol. The molecule has 0 unspecified atom stereocenters. The molecule has 2 amide bonds. The predicted molar refractivity (Wildman–Crippen MR) is 43.2 cm³/mol. The van der Waals surface area contributed by atoms with Crippen molar-refractivity contribution in [2.45, 2.75) is 6.42 Å². The standard InChI is InChI=1S/C6H12N2OS/c1-7-3-2-4-8(5-10)6(7)9/h10H,2-5H2,1H3. The SMILES string of the molecule is CN1CCCN(CS)C1=O. The average molecular weight is 160 g/mol. The van der Waals surface area contributed by atoms with Gasteiger partial charge in [0.1, 0.15) is 0 Å². The molecule has 0 radical (unpaired) electrons. The van der Waals surface area contributed by atoms with Gasteiger partial charge in [0.15, 0.2) is 0 Å². The molecule has 10 heavy (non-hydrogen) atoms. The molecule has 0 saturated carbocycles. The normalized spacial score (nSPS) is 20.0. The van der Waals surface area contributed by atoms with Gasteiger partial charge in [0, 0.05) is 20.1 Å². The number of thiol groups is 1. The Morgan fingerprint density at radius 3 is 2.80 bits per heavy atom. The minimum absolute atomic E-state index is 0.0984. The van der Waals surface area contributed by atoms with E-state index in [1.54, 1.807) is 9.80 Å². The van der Waals surface area contributed by atoms with E-state index in [0.29, 0.717) is 5.88 Å². The maximum absolute atomic E-state index is 11.2. The highest BCUT2D eigenvalue weighted by molar-refractivity contribution is 7.80. The molecule has 4 heteroatoms. The summed E-state index contributed by atoms with van der Waals surface area (Å²) in [5.74, 6) is 0.531. The second-order valence-corrected chi connectivity index (χ2v) is 2.75. The summed E-state index contributed by atoms with van der Waals surface area (Å²) in [5.41, 5.74) is 0. The molecule has 0 bridgehead atoms. The van der Waals surface area contributed by atoms with Crippen LogP contribution in [0.25, 0.3) is 0 Å². The van der Waals surface area contributed by atoms with Crippen molar-refractivity contribution in [2.75, 3.05) is 26.0 Å². The molecule has 1 rings (SSSR count). The van der Waals surface area contributed by atoms with Crippen LogP contribution in [0.15, 0.2) is 0 Å². The Labute approximate surface area is 66.4 Å². The number of amides is 2. The minimum atomic E-state index is 0.0984. The van der Waals surface area contributed by atoms with Crippen LogP contribution in [-0.2, 0) is 0 Å². The molecule has 0 aliphatic carbocycles. The average Bonchev–Trinajstić information content (AvgIpc) is 1.95. The summed E-state index contributed by atoms with van der Waals surface area (Å²) >= 11 is 4.04. The number of carbonyl (C=O) groups is 1. The molecule has 0 aromatic heterocycles. The van der Waals surface area contributed by atoms with Crippen LogP contribution in [0.3, 0.4) is 0 Å². The van der Waals surface area contributed by atoms with Crippen LogP contribution in [0.1, 0.15) is 6.42 Å². The van der Waals surface area contributed by atoms with E-state index in [2.05, 4.69) is 12.6 Å². The topological polar surface area (TPSA) is 23.6 Å². The van der Waals surface area contributed by atoms with Crippen LogP contribution in [0.5, 0.6) is 0 Å². The van der Waals surface area contributed by atoms with Crippen molar-refractivity contribution in [3.8, 4) is 0 Å². The van der Waals surface area contributed by atoms with Gasteiger partial charge in [0.05, 0.1) is 5.88 Å². The Hall–Kier alpha value is -0.380. The van der Waals surface area contributed by atoms with Crippen LogP contribution in [0.2, 0.25) is 0 Å². The van der Waals surface area contributed by atoms with Gasteiger partial charge in [-0.05, 0) is 6.42 Å². The van der Waals surface area contributed by atoms with Crippen molar-refractivity contribution >= 4 is 18.7 Å². The molecule has 1 heterocycles. The van der Waals surface area contributed by atoms with Gasteiger partial charge in [-0.25, -0.2) is 4.79 Å². The fourth-order valence-corrected chi connectivity index (χ4v) is 1.33. The van der Waals surface area contributed by atoms with E-state index >= 15 is 0 Å². The zero-order valence-corrected chi connectivity index (χ0v) is 6.97. The maximum Gasteiger partial charge on any atom is 0.320 e. The Morgan fingerprint density at radius 2 is 2.30 bits per heavy atom. The first-order chi connectivity index (χ1) is 4.75. The summed E-state index contributed by atoms with van der Waals surface area (Å²) in [4.78, 5) is 14.6. The third-order valence-electron chi connectivity index (χ3n) is 1.69. The van der Waals surface area contributed by atoms with Crippen LogP contribution in [0, 0.1) is 0 Å². The molecule has 0 aromatic rings. The van der Waals surface area contributed by atoms with Gasteiger partial charge in [-0.15, -0.1) is 0 Å². The van der Waals surface area contributed by atoms with Crippen LogP contribution in [0.4, 0.5) is 4.79 Å². The number of rotatable bonds is 1. The highest BCUT2D eigenvalue weighted by atomic mass is 32.1. The summed E-state index contributed by atoms with van der Waals surface area (Å²) in [7, 11) is 1.82. The minimum Gasteiger partial charge on any atom is -0.328 e. The van der Waals surface area contributed by atoms with Crippen molar-refractivity contribution in [3.05, 3.63) is 0 Å². The van der Waals surface area contributed by atoms with Crippen molar-refractivity contribution in [1.82, 2.24) is 9.80 Å². The van der Waals surface area contributed by atoms with E-state index < -0.39 is 0 Å². The number of carbonyl (C=O) groups excluding carboxylic acids is 1. The van der Waals surface area contributed by atoms with Crippen molar-refractivity contribution < 1.29 is 4.79 Å². The number of hydrogen-bond donors (Lipinski definition) is 1. The van der Waals surface area contributed by atoms with Gasteiger partial charge in [0.2, 0.25) is 0 Å². The molecule has 3 nitrogen and oxygen atoms in total. The molecular formula is C6H12N2OS. The zero-order chi connectivity index (χ0) is 7.56. The van der Waals surface area contributed by atoms with E-state index in [1.165, 1.54) is 0 Å². The van der Waals surface area contributed by atoms with Gasteiger partial charge in [-0.3, -0.25) is 0 Å². The highest BCUT2D eigenvalue weighted by Gasteiger charge is 2.20. The van der Waals surface area contributed by atoms with Crippen molar-refractivity contribution in [1.29, 1.82) is 0 Å². The van der Waals surface area contributed by atoms with E-state index in [9.17, 15) is 4.79 Å². The summed E-state index contributed by atoms with van der Waals surface area (Å²) in [5, 5.41) is 0. The molecule has 1 fully saturated rings. The number of hydrogen-bond acceptors (Lipinski definition) is 2. The third-order valence-corrected chi connectivity index (χ3v) is 2.03. The quantitative estimate of drug-likeness (QED) is 0.559. The molecule has 0 atom stereocenters. The predicted octanol–water partition coefficient (Wildman–Crippen LogP) is 0.631. The van der Waals surface area contributed by atoms with Crippen LogP contribution < -0.4 is 0 Å². The second-order valence-electron chi connectivity index (χ2n) is 2.46. The molecule has 1 aliphatic heterocycles. The summed E-state index contributed by atoms with van der Waals surface area (Å²) in [6.45, 7) is 1.73. The third kappa shape index (κ3) is 1.37. The summed E-state index contributed by atoms with van der Waals surface area (Å²) in [6, 6.07) is 0.0984. The molecule has 1 aliphatic rings. The smallest absolute Gasteiger partial charge is 0.320 e. The lowest BCUT2D eigenvalue weighted by atomic mass is 10.3. The molecule has 58 valence electrons. The van der Waals surface area contributed by atoms with Gasteiger partial charge in [-0.1, -0.05) is 0 Å². The molecule has 0 spiro atoms. The highest BCUT2D eigenvalue weighted by Crippen LogP contribution is 2.06. The summed E-state index contributed by atoms with van der Waals surface area (Å²) in [6.07, 6.45) is 1.06. The van der Waals surface area contributed by atoms with Gasteiger partial charge < -0.3 is 9.80 Å². The fourth-order valence-electron chi connectivity index (χ4n) is 1.06. The Balaban J connectivity index is 2.51. The molecular weight excluding hydrogens is 148 g/mol. The second kappa shape index (κ2) is 3.14. The molecule has 1 saturated heterocycles. The van der Waals surface area contributed by atoms with Crippen LogP contribution >= 0.6 is 12.6 Å². The van der Waals surface area contributed by atoms with Crippen molar-refractivity contribution in [3.63, 3.8) is 0 Å². The van der Waals surface area contributed by atoms with E-state index in [-0.39, 0.29) is 6.03 Å². The number of nitrogens with zero attached hydrogens (tertiary/aromatic N) is 2.